The molecule has 140 valence electrons. The third-order valence-electron chi connectivity index (χ3n) is 3.80. The molecule has 1 amide bonds. The highest BCUT2D eigenvalue weighted by Crippen LogP contribution is 2.18. The molecule has 3 rings (SSSR count). The monoisotopic (exact) mass is 377 g/mol. The van der Waals surface area contributed by atoms with Crippen molar-refractivity contribution in [3.63, 3.8) is 0 Å². The van der Waals surface area contributed by atoms with Crippen LogP contribution < -0.4 is 11.1 Å². The zero-order valence-electron chi connectivity index (χ0n) is 14.1. The van der Waals surface area contributed by atoms with Crippen LogP contribution in [0.3, 0.4) is 0 Å². The van der Waals surface area contributed by atoms with E-state index in [1.807, 2.05) is 0 Å². The molecule has 0 aliphatic carbocycles. The number of hydrogen-bond donors (Lipinski definition) is 1. The Morgan fingerprint density at radius 3 is 2.48 bits per heavy atom. The largest absolute Gasteiger partial charge is 0.437 e. The fourth-order valence-corrected chi connectivity index (χ4v) is 2.47. The van der Waals surface area contributed by atoms with Crippen LogP contribution in [0.2, 0.25) is 0 Å². The number of carbonyl (C=O) groups excluding carboxylic acids is 1. The molecule has 3 aromatic rings. The van der Waals surface area contributed by atoms with E-state index in [1.54, 1.807) is 0 Å². The number of aromatic nitrogens is 2. The SMILES string of the molecule is C[C@@H](NC(=O)Cn1nc(-c2ccc(F)cc2)oc1=O)c1ccc(F)cc1F. The van der Waals surface area contributed by atoms with Gasteiger partial charge < -0.3 is 9.73 Å². The summed E-state index contributed by atoms with van der Waals surface area (Å²) in [6.07, 6.45) is 0. The number of carbonyl (C=O) groups is 1. The first-order chi connectivity index (χ1) is 12.8. The van der Waals surface area contributed by atoms with Gasteiger partial charge in [0.2, 0.25) is 11.8 Å². The third-order valence-corrected chi connectivity index (χ3v) is 3.80. The van der Waals surface area contributed by atoms with E-state index in [4.69, 9.17) is 4.42 Å². The summed E-state index contributed by atoms with van der Waals surface area (Å²) in [5.74, 6) is -3.53. The van der Waals surface area contributed by atoms with Crippen LogP contribution in [0.4, 0.5) is 13.2 Å². The Balaban J connectivity index is 1.71. The summed E-state index contributed by atoms with van der Waals surface area (Å²) < 4.78 is 45.4. The Morgan fingerprint density at radius 2 is 1.81 bits per heavy atom. The van der Waals surface area contributed by atoms with Gasteiger partial charge in [0.05, 0.1) is 6.04 Å². The molecule has 0 radical (unpaired) electrons. The lowest BCUT2D eigenvalue weighted by molar-refractivity contribution is -0.122. The molecule has 0 fully saturated rings. The molecule has 9 heteroatoms. The van der Waals surface area contributed by atoms with Crippen molar-refractivity contribution in [2.24, 2.45) is 0 Å². The molecular weight excluding hydrogens is 363 g/mol. The summed E-state index contributed by atoms with van der Waals surface area (Å²) in [5.41, 5.74) is 0.471. The van der Waals surface area contributed by atoms with Crippen molar-refractivity contribution in [3.8, 4) is 11.5 Å². The average Bonchev–Trinajstić information content (AvgIpc) is 2.95. The minimum absolute atomic E-state index is 0.0644. The van der Waals surface area contributed by atoms with Crippen LogP contribution in [0.5, 0.6) is 0 Å². The Bertz CT molecular complexity index is 1030. The van der Waals surface area contributed by atoms with E-state index in [1.165, 1.54) is 37.3 Å². The summed E-state index contributed by atoms with van der Waals surface area (Å²) >= 11 is 0. The first kappa shape index (κ1) is 18.4. The summed E-state index contributed by atoms with van der Waals surface area (Å²) in [6, 6.07) is 7.39. The van der Waals surface area contributed by atoms with Crippen LogP contribution in [0.25, 0.3) is 11.5 Å². The van der Waals surface area contributed by atoms with Crippen molar-refractivity contribution in [2.45, 2.75) is 19.5 Å². The molecule has 0 spiro atoms. The van der Waals surface area contributed by atoms with E-state index in [0.29, 0.717) is 5.56 Å². The van der Waals surface area contributed by atoms with Gasteiger partial charge in [0.1, 0.15) is 24.0 Å². The van der Waals surface area contributed by atoms with E-state index in [2.05, 4.69) is 10.4 Å². The highest BCUT2D eigenvalue weighted by atomic mass is 19.1. The maximum atomic E-state index is 13.8. The number of nitrogens with one attached hydrogen (secondary N) is 1. The molecule has 0 bridgehead atoms. The predicted molar refractivity (Wildman–Crippen MR) is 89.1 cm³/mol. The fourth-order valence-electron chi connectivity index (χ4n) is 2.47. The lowest BCUT2D eigenvalue weighted by Gasteiger charge is -2.14. The van der Waals surface area contributed by atoms with E-state index < -0.39 is 41.7 Å². The van der Waals surface area contributed by atoms with Crippen LogP contribution in [0, 0.1) is 17.5 Å². The van der Waals surface area contributed by atoms with Gasteiger partial charge in [-0.05, 0) is 37.3 Å². The number of halogens is 3. The number of benzene rings is 2. The molecule has 0 saturated heterocycles. The molecule has 0 aliphatic heterocycles. The maximum Gasteiger partial charge on any atom is 0.437 e. The van der Waals surface area contributed by atoms with Gasteiger partial charge >= 0.3 is 5.76 Å². The van der Waals surface area contributed by atoms with E-state index >= 15 is 0 Å². The maximum absolute atomic E-state index is 13.8. The van der Waals surface area contributed by atoms with Crippen LogP contribution in [0.1, 0.15) is 18.5 Å². The Kier molecular flexibility index (Phi) is 5.11. The molecule has 1 heterocycles. The highest BCUT2D eigenvalue weighted by Gasteiger charge is 2.17. The van der Waals surface area contributed by atoms with Gasteiger partial charge in [-0.3, -0.25) is 4.79 Å². The van der Waals surface area contributed by atoms with E-state index in [9.17, 15) is 22.8 Å². The van der Waals surface area contributed by atoms with Crippen molar-refractivity contribution in [2.75, 3.05) is 0 Å². The van der Waals surface area contributed by atoms with Crippen LogP contribution in [0.15, 0.2) is 51.7 Å². The predicted octanol–water partition coefficient (Wildman–Crippen LogP) is 2.80. The lowest BCUT2D eigenvalue weighted by Crippen LogP contribution is -2.33. The van der Waals surface area contributed by atoms with Gasteiger partial charge in [0, 0.05) is 17.2 Å². The highest BCUT2D eigenvalue weighted by molar-refractivity contribution is 5.76. The second-order valence-corrected chi connectivity index (χ2v) is 5.79. The summed E-state index contributed by atoms with van der Waals surface area (Å²) in [7, 11) is 0. The lowest BCUT2D eigenvalue weighted by atomic mass is 10.1. The molecule has 2 aromatic carbocycles. The normalized spacial score (nSPS) is 12.0. The molecule has 27 heavy (non-hydrogen) atoms. The van der Waals surface area contributed by atoms with Crippen LogP contribution in [-0.2, 0) is 11.3 Å². The molecule has 0 unspecified atom stereocenters. The first-order valence-electron chi connectivity index (χ1n) is 7.91. The standard InChI is InChI=1S/C18H14F3N3O3/c1-10(14-7-6-13(20)8-15(14)21)22-16(25)9-24-18(26)27-17(23-24)11-2-4-12(19)5-3-11/h2-8,10H,9H2,1H3,(H,22,25)/t10-/m1/s1. The van der Waals surface area contributed by atoms with Crippen LogP contribution >= 0.6 is 0 Å². The third kappa shape index (κ3) is 4.25. The van der Waals surface area contributed by atoms with Gasteiger partial charge in [-0.2, -0.15) is 4.68 Å². The quantitative estimate of drug-likeness (QED) is 0.742. The van der Waals surface area contributed by atoms with Gasteiger partial charge in [-0.15, -0.1) is 5.10 Å². The number of hydrogen-bond acceptors (Lipinski definition) is 4. The molecular formula is C18H14F3N3O3. The van der Waals surface area contributed by atoms with Gasteiger partial charge in [-0.1, -0.05) is 6.07 Å². The number of amides is 1. The molecule has 6 nitrogen and oxygen atoms in total. The zero-order chi connectivity index (χ0) is 19.6. The average molecular weight is 377 g/mol. The smallest absolute Gasteiger partial charge is 0.388 e. The van der Waals surface area contributed by atoms with E-state index in [0.717, 1.165) is 16.8 Å². The molecule has 0 aliphatic rings. The second-order valence-electron chi connectivity index (χ2n) is 5.79. The topological polar surface area (TPSA) is 77.1 Å². The number of rotatable bonds is 5. The number of nitrogens with zero attached hydrogens (tertiary/aromatic N) is 2. The molecule has 0 saturated carbocycles. The van der Waals surface area contributed by atoms with Crippen molar-refractivity contribution >= 4 is 5.91 Å². The van der Waals surface area contributed by atoms with Crippen molar-refractivity contribution in [3.05, 3.63) is 76.0 Å². The molecule has 1 N–H and O–H groups in total. The molecule has 1 atom stereocenters. The Labute approximate surface area is 151 Å². The second kappa shape index (κ2) is 7.48. The summed E-state index contributed by atoms with van der Waals surface area (Å²) in [6.45, 7) is 1.06. The first-order valence-corrected chi connectivity index (χ1v) is 7.91. The van der Waals surface area contributed by atoms with Gasteiger partial charge in [0.25, 0.3) is 0 Å². The van der Waals surface area contributed by atoms with Gasteiger partial charge in [0.15, 0.2) is 0 Å². The van der Waals surface area contributed by atoms with E-state index in [-0.39, 0.29) is 11.5 Å². The molecule has 1 aromatic heterocycles. The fraction of sp³-hybridized carbons (Fsp3) is 0.167. The van der Waals surface area contributed by atoms with Crippen LogP contribution in [-0.4, -0.2) is 15.7 Å². The summed E-state index contributed by atoms with van der Waals surface area (Å²) in [4.78, 5) is 24.0. The zero-order valence-corrected chi connectivity index (χ0v) is 14.1. The minimum atomic E-state index is -0.870. The Morgan fingerprint density at radius 1 is 1.15 bits per heavy atom. The van der Waals surface area contributed by atoms with Gasteiger partial charge in [-0.25, -0.2) is 18.0 Å². The van der Waals surface area contributed by atoms with Crippen molar-refractivity contribution < 1.29 is 22.4 Å². The van der Waals surface area contributed by atoms with Crippen molar-refractivity contribution in [1.29, 1.82) is 0 Å². The minimum Gasteiger partial charge on any atom is -0.388 e. The summed E-state index contributed by atoms with van der Waals surface area (Å²) in [5, 5.41) is 6.39. The Hall–Kier alpha value is -3.36. The van der Waals surface area contributed by atoms with Crippen molar-refractivity contribution in [1.82, 2.24) is 15.1 Å².